The van der Waals surface area contributed by atoms with E-state index in [0.29, 0.717) is 0 Å². The molecule has 0 nitrogen and oxygen atoms in total. The van der Waals surface area contributed by atoms with Crippen molar-refractivity contribution >= 4 is 46.2 Å². The average molecular weight is 467 g/mol. The van der Waals surface area contributed by atoms with Gasteiger partial charge in [-0.05, 0) is 85.7 Å². The first-order valence-corrected chi connectivity index (χ1v) is 13.3. The van der Waals surface area contributed by atoms with E-state index in [4.69, 9.17) is 0 Å². The summed E-state index contributed by atoms with van der Waals surface area (Å²) in [5.74, 6) is 1.22. The van der Waals surface area contributed by atoms with Crippen molar-refractivity contribution in [2.45, 2.75) is 33.1 Å². The second-order valence-electron chi connectivity index (χ2n) is 8.21. The Bertz CT molecular complexity index is 1210. The highest BCUT2D eigenvalue weighted by Crippen LogP contribution is 2.37. The number of allylic oxidation sites excluding steroid dienone is 9. The topological polar surface area (TPSA) is 0 Å². The molecule has 1 aromatic carbocycles. The van der Waals surface area contributed by atoms with Gasteiger partial charge in [-0.3, -0.25) is 0 Å². The minimum Gasteiger partial charge on any atom is -0.135 e. The van der Waals surface area contributed by atoms with Crippen molar-refractivity contribution in [2.24, 2.45) is 0 Å². The first kappa shape index (κ1) is 23.4. The Hall–Kier alpha value is -2.77. The summed E-state index contributed by atoms with van der Waals surface area (Å²) in [5, 5.41) is 0. The minimum atomic E-state index is 0.923. The van der Waals surface area contributed by atoms with E-state index in [9.17, 15) is 0 Å². The van der Waals surface area contributed by atoms with Crippen LogP contribution < -0.4 is 0 Å². The van der Waals surface area contributed by atoms with Crippen molar-refractivity contribution in [3.8, 4) is 0 Å². The van der Waals surface area contributed by atoms with Crippen molar-refractivity contribution < 1.29 is 0 Å². The lowest BCUT2D eigenvalue weighted by atomic mass is 9.99. The average Bonchev–Trinajstić information content (AvgIpc) is 3.59. The summed E-state index contributed by atoms with van der Waals surface area (Å²) >= 11 is 3.84. The maximum Gasteiger partial charge on any atom is 0.0409 e. The third-order valence-corrected chi connectivity index (χ3v) is 7.95. The number of hydrogen-bond donors (Lipinski definition) is 0. The molecule has 0 atom stereocenters. The Morgan fingerprint density at radius 1 is 1.00 bits per heavy atom. The van der Waals surface area contributed by atoms with Crippen molar-refractivity contribution in [1.29, 1.82) is 0 Å². The van der Waals surface area contributed by atoms with Crippen LogP contribution in [0.15, 0.2) is 101 Å². The quantitative estimate of drug-likeness (QED) is 0.275. The van der Waals surface area contributed by atoms with Gasteiger partial charge in [-0.15, -0.1) is 28.8 Å². The second kappa shape index (κ2) is 11.9. The van der Waals surface area contributed by atoms with Gasteiger partial charge in [-0.1, -0.05) is 72.4 Å². The molecule has 1 aliphatic carbocycles. The van der Waals surface area contributed by atoms with Crippen LogP contribution in [0, 0.1) is 0 Å². The van der Waals surface area contributed by atoms with Crippen LogP contribution in [0.2, 0.25) is 0 Å². The maximum absolute atomic E-state index is 3.16. The van der Waals surface area contributed by atoms with Gasteiger partial charge in [-0.25, -0.2) is 0 Å². The lowest BCUT2D eigenvalue weighted by Gasteiger charge is -2.06. The number of hydrogen-bond acceptors (Lipinski definition) is 2. The van der Waals surface area contributed by atoms with E-state index in [1.54, 1.807) is 0 Å². The van der Waals surface area contributed by atoms with Crippen molar-refractivity contribution in [3.05, 3.63) is 122 Å². The third-order valence-electron chi connectivity index (χ3n) is 5.60. The molecule has 2 aliphatic rings. The van der Waals surface area contributed by atoms with Gasteiger partial charge in [0.2, 0.25) is 0 Å². The second-order valence-corrected chi connectivity index (χ2v) is 10.5. The van der Waals surface area contributed by atoms with E-state index in [-0.39, 0.29) is 0 Å². The molecule has 0 unspecified atom stereocenters. The summed E-state index contributed by atoms with van der Waals surface area (Å²) in [5.41, 5.74) is 9.81. The van der Waals surface area contributed by atoms with Gasteiger partial charge < -0.3 is 0 Å². The van der Waals surface area contributed by atoms with Gasteiger partial charge in [0.1, 0.15) is 0 Å². The van der Waals surface area contributed by atoms with Crippen LogP contribution in [0.1, 0.15) is 54.0 Å². The smallest absolute Gasteiger partial charge is 0.0409 e. The molecule has 4 rings (SSSR count). The number of thiophene rings is 1. The predicted molar refractivity (Wildman–Crippen MR) is 151 cm³/mol. The molecule has 2 heteroatoms. The molecule has 0 saturated heterocycles. The fraction of sp³-hybridized carbons (Fsp3) is 0.194. The molecule has 0 bridgehead atoms. The van der Waals surface area contributed by atoms with Crippen LogP contribution in [0.3, 0.4) is 0 Å². The summed E-state index contributed by atoms with van der Waals surface area (Å²) in [6.45, 7) is 4.19. The van der Waals surface area contributed by atoms with Crippen LogP contribution in [0.5, 0.6) is 0 Å². The zero-order chi connectivity index (χ0) is 22.9. The van der Waals surface area contributed by atoms with Gasteiger partial charge in [0.25, 0.3) is 0 Å². The zero-order valence-corrected chi connectivity index (χ0v) is 21.0. The summed E-state index contributed by atoms with van der Waals surface area (Å²) in [6.07, 6.45) is 25.0. The largest absolute Gasteiger partial charge is 0.135 e. The van der Waals surface area contributed by atoms with E-state index in [1.165, 1.54) is 54.7 Å². The standard InChI is InChI=1S/C31H30S2/c1-3-4-5-9-27(28-18-12-24(2)23-28)10-6-8-25-13-15-26(16-14-25)17-19-29-20-21-31(33-29)30-11-7-22-32-30/h3,5-6,8-9,11-21H,7,10,22-23H2,1-2H3/b8-6+,19-17+,27-9+. The molecule has 1 aromatic heterocycles. The Kier molecular flexibility index (Phi) is 8.44. The molecule has 0 radical (unpaired) electrons. The lowest BCUT2D eigenvalue weighted by Crippen LogP contribution is -1.87. The van der Waals surface area contributed by atoms with Crippen LogP contribution in [0.25, 0.3) is 23.1 Å². The minimum absolute atomic E-state index is 0.923. The van der Waals surface area contributed by atoms with Gasteiger partial charge in [0, 0.05) is 20.4 Å². The highest BCUT2D eigenvalue weighted by molar-refractivity contribution is 8.08. The van der Waals surface area contributed by atoms with Crippen LogP contribution in [-0.2, 0) is 0 Å². The van der Waals surface area contributed by atoms with Crippen LogP contribution >= 0.6 is 23.1 Å². The van der Waals surface area contributed by atoms with E-state index in [2.05, 4.69) is 97.7 Å². The molecule has 166 valence electrons. The Balaban J connectivity index is 1.36. The summed E-state index contributed by atoms with van der Waals surface area (Å²) < 4.78 is 0. The summed E-state index contributed by atoms with van der Waals surface area (Å²) in [6, 6.07) is 13.2. The van der Waals surface area contributed by atoms with E-state index in [1.807, 2.05) is 42.2 Å². The highest BCUT2D eigenvalue weighted by Gasteiger charge is 2.10. The number of thioether (sulfide) groups is 1. The van der Waals surface area contributed by atoms with Crippen LogP contribution in [-0.4, -0.2) is 5.75 Å². The molecule has 0 fully saturated rings. The number of benzene rings is 1. The van der Waals surface area contributed by atoms with E-state index in [0.717, 1.165) is 12.8 Å². The normalized spacial score (nSPS) is 16.2. The number of rotatable bonds is 8. The zero-order valence-electron chi connectivity index (χ0n) is 19.4. The van der Waals surface area contributed by atoms with Crippen LogP contribution in [0.4, 0.5) is 0 Å². The summed E-state index contributed by atoms with van der Waals surface area (Å²) in [4.78, 5) is 4.15. The molecular weight excluding hydrogens is 436 g/mol. The first-order valence-electron chi connectivity index (χ1n) is 11.5. The van der Waals surface area contributed by atoms with E-state index >= 15 is 0 Å². The SMILES string of the molecule is CC=C=C/C=C(\C/C=C/c1ccc(/C=C/c2ccc(C3=CCCS3)s2)cc1)C1=CC=C(C)C1. The highest BCUT2D eigenvalue weighted by atomic mass is 32.2. The summed E-state index contributed by atoms with van der Waals surface area (Å²) in [7, 11) is 0. The molecule has 1 aliphatic heterocycles. The molecule has 33 heavy (non-hydrogen) atoms. The Morgan fingerprint density at radius 2 is 1.82 bits per heavy atom. The monoisotopic (exact) mass is 466 g/mol. The van der Waals surface area contributed by atoms with Gasteiger partial charge >= 0.3 is 0 Å². The lowest BCUT2D eigenvalue weighted by molar-refractivity contribution is 1.11. The molecule has 0 amide bonds. The predicted octanol–water partition coefficient (Wildman–Crippen LogP) is 9.73. The van der Waals surface area contributed by atoms with Gasteiger partial charge in [-0.2, -0.15) is 0 Å². The first-order chi connectivity index (χ1) is 16.2. The molecule has 2 aromatic rings. The molecule has 0 saturated carbocycles. The van der Waals surface area contributed by atoms with Crippen molar-refractivity contribution in [1.82, 2.24) is 0 Å². The molecular formula is C31H30S2. The van der Waals surface area contributed by atoms with Crippen molar-refractivity contribution in [3.63, 3.8) is 0 Å². The van der Waals surface area contributed by atoms with Gasteiger partial charge in [0.05, 0.1) is 0 Å². The maximum atomic E-state index is 3.16. The fourth-order valence-electron chi connectivity index (χ4n) is 3.82. The van der Waals surface area contributed by atoms with E-state index < -0.39 is 0 Å². The molecule has 0 N–H and O–H groups in total. The van der Waals surface area contributed by atoms with Gasteiger partial charge in [0.15, 0.2) is 0 Å². The molecule has 0 spiro atoms. The third kappa shape index (κ3) is 6.85. The fourth-order valence-corrected chi connectivity index (χ4v) is 5.87. The Labute approximate surface area is 206 Å². The molecule has 2 heterocycles. The Morgan fingerprint density at radius 3 is 2.52 bits per heavy atom. The van der Waals surface area contributed by atoms with Crippen molar-refractivity contribution in [2.75, 3.05) is 5.75 Å².